The Bertz CT molecular complexity index is 726. The van der Waals surface area contributed by atoms with Crippen molar-refractivity contribution in [2.24, 2.45) is 0 Å². The molecule has 0 bridgehead atoms. The van der Waals surface area contributed by atoms with Gasteiger partial charge in [0.05, 0.1) is 11.0 Å². The van der Waals surface area contributed by atoms with Gasteiger partial charge in [-0.25, -0.2) is 4.98 Å². The van der Waals surface area contributed by atoms with Crippen LogP contribution in [0.1, 0.15) is 25.3 Å². The van der Waals surface area contributed by atoms with Gasteiger partial charge in [0.1, 0.15) is 6.33 Å². The van der Waals surface area contributed by atoms with E-state index in [2.05, 4.69) is 47.7 Å². The molecule has 0 aliphatic heterocycles. The molecule has 2 N–H and O–H groups in total. The van der Waals surface area contributed by atoms with Crippen LogP contribution in [-0.4, -0.2) is 9.55 Å². The van der Waals surface area contributed by atoms with Crippen LogP contribution in [0.15, 0.2) is 48.8 Å². The van der Waals surface area contributed by atoms with Crippen molar-refractivity contribution in [3.63, 3.8) is 0 Å². The molecule has 0 radical (unpaired) electrons. The van der Waals surface area contributed by atoms with E-state index in [4.69, 9.17) is 5.73 Å². The second-order valence-corrected chi connectivity index (χ2v) is 5.11. The Morgan fingerprint density at radius 3 is 2.74 bits per heavy atom. The Morgan fingerprint density at radius 1 is 1.11 bits per heavy atom. The molecule has 96 valence electrons. The van der Waals surface area contributed by atoms with Crippen LogP contribution in [0.25, 0.3) is 16.7 Å². The molecule has 1 aromatic heterocycles. The highest BCUT2D eigenvalue weighted by Crippen LogP contribution is 2.23. The number of anilines is 1. The first-order valence-electron chi connectivity index (χ1n) is 6.48. The van der Waals surface area contributed by atoms with Crippen LogP contribution >= 0.6 is 0 Å². The lowest BCUT2D eigenvalue weighted by Crippen LogP contribution is -1.95. The number of hydrogen-bond acceptors (Lipinski definition) is 2. The predicted molar refractivity (Wildman–Crippen MR) is 79.6 cm³/mol. The molecule has 0 amide bonds. The fourth-order valence-electron chi connectivity index (χ4n) is 2.27. The van der Waals surface area contributed by atoms with Crippen LogP contribution in [0.2, 0.25) is 0 Å². The lowest BCUT2D eigenvalue weighted by Gasteiger charge is -2.09. The average molecular weight is 251 g/mol. The summed E-state index contributed by atoms with van der Waals surface area (Å²) in [6, 6.07) is 14.4. The number of nitrogens with zero attached hydrogens (tertiary/aromatic N) is 2. The molecule has 0 saturated carbocycles. The summed E-state index contributed by atoms with van der Waals surface area (Å²) in [5, 5.41) is 0. The number of nitrogen functional groups attached to an aromatic ring is 1. The molecule has 3 heteroatoms. The number of nitrogens with two attached hydrogens (primary N) is 1. The molecule has 3 rings (SSSR count). The minimum absolute atomic E-state index is 0.519. The Kier molecular flexibility index (Phi) is 2.75. The number of benzene rings is 2. The zero-order chi connectivity index (χ0) is 13.4. The lowest BCUT2D eigenvalue weighted by molar-refractivity contribution is 0.863. The van der Waals surface area contributed by atoms with Gasteiger partial charge in [0.15, 0.2) is 0 Å². The second kappa shape index (κ2) is 4.43. The first-order chi connectivity index (χ1) is 9.15. The molecule has 0 saturated heterocycles. The summed E-state index contributed by atoms with van der Waals surface area (Å²) in [6.07, 6.45) is 1.85. The maximum atomic E-state index is 5.79. The summed E-state index contributed by atoms with van der Waals surface area (Å²) in [5.74, 6) is 0.519. The van der Waals surface area contributed by atoms with Gasteiger partial charge in [-0.15, -0.1) is 0 Å². The zero-order valence-electron chi connectivity index (χ0n) is 11.2. The van der Waals surface area contributed by atoms with E-state index in [0.717, 1.165) is 22.4 Å². The molecule has 3 nitrogen and oxygen atoms in total. The van der Waals surface area contributed by atoms with Crippen LogP contribution in [0.5, 0.6) is 0 Å². The third kappa shape index (κ3) is 2.08. The van der Waals surface area contributed by atoms with Gasteiger partial charge in [0, 0.05) is 11.4 Å². The zero-order valence-corrected chi connectivity index (χ0v) is 11.2. The fraction of sp³-hybridized carbons (Fsp3) is 0.188. The first kappa shape index (κ1) is 11.8. The van der Waals surface area contributed by atoms with Crippen LogP contribution in [0.3, 0.4) is 0 Å². The van der Waals surface area contributed by atoms with Gasteiger partial charge in [0.25, 0.3) is 0 Å². The summed E-state index contributed by atoms with van der Waals surface area (Å²) in [4.78, 5) is 4.41. The van der Waals surface area contributed by atoms with Crippen LogP contribution in [0.4, 0.5) is 5.69 Å². The monoisotopic (exact) mass is 251 g/mol. The molecule has 19 heavy (non-hydrogen) atoms. The smallest absolute Gasteiger partial charge is 0.100 e. The van der Waals surface area contributed by atoms with E-state index in [1.165, 1.54) is 5.56 Å². The van der Waals surface area contributed by atoms with E-state index >= 15 is 0 Å². The van der Waals surface area contributed by atoms with Crippen molar-refractivity contribution in [2.45, 2.75) is 19.8 Å². The van der Waals surface area contributed by atoms with Crippen molar-refractivity contribution in [3.8, 4) is 5.69 Å². The maximum Gasteiger partial charge on any atom is 0.100 e. The molecule has 0 aliphatic carbocycles. The Hall–Kier alpha value is -2.29. The Balaban J connectivity index is 2.16. The summed E-state index contributed by atoms with van der Waals surface area (Å²) < 4.78 is 2.10. The van der Waals surface area contributed by atoms with E-state index in [1.54, 1.807) is 0 Å². The number of fused-ring (bicyclic) bond motifs is 1. The third-order valence-corrected chi connectivity index (χ3v) is 3.39. The van der Waals surface area contributed by atoms with Crippen LogP contribution < -0.4 is 5.73 Å². The molecular weight excluding hydrogens is 234 g/mol. The highest BCUT2D eigenvalue weighted by Gasteiger charge is 2.06. The molecule has 0 fully saturated rings. The van der Waals surface area contributed by atoms with Crippen molar-refractivity contribution < 1.29 is 0 Å². The fourth-order valence-corrected chi connectivity index (χ4v) is 2.27. The minimum atomic E-state index is 0.519. The molecule has 0 aliphatic rings. The predicted octanol–water partition coefficient (Wildman–Crippen LogP) is 3.73. The average Bonchev–Trinajstić information content (AvgIpc) is 2.81. The van der Waals surface area contributed by atoms with Crippen molar-refractivity contribution in [3.05, 3.63) is 54.4 Å². The number of rotatable bonds is 2. The van der Waals surface area contributed by atoms with E-state index < -0.39 is 0 Å². The van der Waals surface area contributed by atoms with E-state index in [9.17, 15) is 0 Å². The van der Waals surface area contributed by atoms with Crippen molar-refractivity contribution in [1.82, 2.24) is 9.55 Å². The molecule has 1 heterocycles. The van der Waals surface area contributed by atoms with Crippen LogP contribution in [-0.2, 0) is 0 Å². The standard InChI is InChI=1S/C16H17N3/c1-11(2)12-4-3-5-14(8-12)19-10-18-15-9-13(17)6-7-16(15)19/h3-11H,17H2,1-2H3. The molecule has 2 aromatic carbocycles. The highest BCUT2D eigenvalue weighted by molar-refractivity contribution is 5.80. The topological polar surface area (TPSA) is 43.8 Å². The number of aromatic nitrogens is 2. The molecule has 0 unspecified atom stereocenters. The van der Waals surface area contributed by atoms with Gasteiger partial charge in [-0.1, -0.05) is 26.0 Å². The van der Waals surface area contributed by atoms with E-state index in [0.29, 0.717) is 5.92 Å². The lowest BCUT2D eigenvalue weighted by atomic mass is 10.0. The van der Waals surface area contributed by atoms with Crippen molar-refractivity contribution in [1.29, 1.82) is 0 Å². The van der Waals surface area contributed by atoms with Gasteiger partial charge in [0.2, 0.25) is 0 Å². The summed E-state index contributed by atoms with van der Waals surface area (Å²) in [7, 11) is 0. The Labute approximate surface area is 112 Å². The van der Waals surface area contributed by atoms with E-state index in [1.807, 2.05) is 24.5 Å². The Morgan fingerprint density at radius 2 is 1.95 bits per heavy atom. The van der Waals surface area contributed by atoms with Gasteiger partial charge in [-0.05, 0) is 41.8 Å². The molecule has 0 spiro atoms. The van der Waals surface area contributed by atoms with Gasteiger partial charge >= 0.3 is 0 Å². The van der Waals surface area contributed by atoms with Gasteiger partial charge < -0.3 is 5.73 Å². The second-order valence-electron chi connectivity index (χ2n) is 5.11. The summed E-state index contributed by atoms with van der Waals surface area (Å²) in [5.41, 5.74) is 11.0. The summed E-state index contributed by atoms with van der Waals surface area (Å²) >= 11 is 0. The van der Waals surface area contributed by atoms with Crippen LogP contribution in [0, 0.1) is 0 Å². The van der Waals surface area contributed by atoms with Crippen molar-refractivity contribution >= 4 is 16.7 Å². The van der Waals surface area contributed by atoms with Crippen molar-refractivity contribution in [2.75, 3.05) is 5.73 Å². The van der Waals surface area contributed by atoms with Gasteiger partial charge in [-0.3, -0.25) is 4.57 Å². The summed E-state index contributed by atoms with van der Waals surface area (Å²) in [6.45, 7) is 4.40. The SMILES string of the molecule is CC(C)c1cccc(-n2cnc3cc(N)ccc32)c1. The normalized spacial score (nSPS) is 11.3. The number of hydrogen-bond donors (Lipinski definition) is 1. The molecular formula is C16H17N3. The number of imidazole rings is 1. The molecule has 3 aromatic rings. The van der Waals surface area contributed by atoms with E-state index in [-0.39, 0.29) is 0 Å². The quantitative estimate of drug-likeness (QED) is 0.705. The largest absolute Gasteiger partial charge is 0.399 e. The minimum Gasteiger partial charge on any atom is -0.399 e. The molecule has 0 atom stereocenters. The highest BCUT2D eigenvalue weighted by atomic mass is 15.0. The third-order valence-electron chi connectivity index (χ3n) is 3.39. The first-order valence-corrected chi connectivity index (χ1v) is 6.48. The maximum absolute atomic E-state index is 5.79. The van der Waals surface area contributed by atoms with Gasteiger partial charge in [-0.2, -0.15) is 0 Å².